The van der Waals surface area contributed by atoms with Crippen molar-refractivity contribution in [2.45, 2.75) is 13.5 Å². The summed E-state index contributed by atoms with van der Waals surface area (Å²) in [5.41, 5.74) is 7.54. The van der Waals surface area contributed by atoms with Crippen LogP contribution in [-0.4, -0.2) is 29.0 Å². The number of methoxy groups -OCH3 is 2. The molecule has 1 aromatic heterocycles. The molecule has 2 rings (SSSR count). The lowest BCUT2D eigenvalue weighted by atomic mass is 10.1. The van der Waals surface area contributed by atoms with Crippen LogP contribution in [0.2, 0.25) is 0 Å². The quantitative estimate of drug-likeness (QED) is 0.898. The predicted molar refractivity (Wildman–Crippen MR) is 72.2 cm³/mol. The summed E-state index contributed by atoms with van der Waals surface area (Å²) in [6.45, 7) is 2.34. The van der Waals surface area contributed by atoms with Crippen LogP contribution in [0.25, 0.3) is 11.4 Å². The van der Waals surface area contributed by atoms with Gasteiger partial charge in [-0.2, -0.15) is 5.10 Å². The third-order valence-electron chi connectivity index (χ3n) is 3.01. The first-order chi connectivity index (χ1) is 9.10. The van der Waals surface area contributed by atoms with Crippen LogP contribution in [0.5, 0.6) is 11.5 Å². The molecule has 102 valence electrons. The van der Waals surface area contributed by atoms with Gasteiger partial charge in [0.05, 0.1) is 20.8 Å². The minimum Gasteiger partial charge on any atom is -0.493 e. The number of aryl methyl sites for hydroxylation is 2. The number of hydrogen-bond donors (Lipinski definition) is 1. The topological polar surface area (TPSA) is 75.2 Å². The molecule has 0 radical (unpaired) electrons. The average Bonchev–Trinajstić information content (AvgIpc) is 2.79. The molecule has 6 nitrogen and oxygen atoms in total. The minimum atomic E-state index is 0.357. The van der Waals surface area contributed by atoms with Crippen LogP contribution in [0.4, 0.5) is 0 Å². The van der Waals surface area contributed by atoms with E-state index in [0.717, 1.165) is 17.0 Å². The molecule has 19 heavy (non-hydrogen) atoms. The molecule has 1 aromatic carbocycles. The maximum absolute atomic E-state index is 5.61. The SMILES string of the molecule is COc1cc(C)c(-c2nc(CN)n(C)n2)cc1OC. The summed E-state index contributed by atoms with van der Waals surface area (Å²) in [4.78, 5) is 4.42. The van der Waals surface area contributed by atoms with Crippen LogP contribution >= 0.6 is 0 Å². The van der Waals surface area contributed by atoms with Gasteiger partial charge in [0.1, 0.15) is 5.82 Å². The third kappa shape index (κ3) is 2.39. The van der Waals surface area contributed by atoms with Gasteiger partial charge in [-0.05, 0) is 24.6 Å². The molecule has 0 saturated heterocycles. The number of hydrogen-bond acceptors (Lipinski definition) is 5. The Bertz CT molecular complexity index is 593. The molecular formula is C13H18N4O2. The molecule has 0 fully saturated rings. The van der Waals surface area contributed by atoms with Crippen molar-refractivity contribution in [3.8, 4) is 22.9 Å². The van der Waals surface area contributed by atoms with E-state index in [4.69, 9.17) is 15.2 Å². The van der Waals surface area contributed by atoms with E-state index in [-0.39, 0.29) is 0 Å². The van der Waals surface area contributed by atoms with Gasteiger partial charge >= 0.3 is 0 Å². The normalized spacial score (nSPS) is 10.6. The molecule has 0 atom stereocenters. The van der Waals surface area contributed by atoms with Crippen molar-refractivity contribution in [1.29, 1.82) is 0 Å². The van der Waals surface area contributed by atoms with E-state index in [2.05, 4.69) is 10.1 Å². The van der Waals surface area contributed by atoms with Gasteiger partial charge in [0.25, 0.3) is 0 Å². The van der Waals surface area contributed by atoms with Crippen molar-refractivity contribution in [2.75, 3.05) is 14.2 Å². The third-order valence-corrected chi connectivity index (χ3v) is 3.01. The molecule has 6 heteroatoms. The van der Waals surface area contributed by atoms with Crippen molar-refractivity contribution in [3.05, 3.63) is 23.5 Å². The molecule has 0 saturated carbocycles. The lowest BCUT2D eigenvalue weighted by Gasteiger charge is -2.10. The molecule has 0 aliphatic rings. The second-order valence-corrected chi connectivity index (χ2v) is 4.20. The number of rotatable bonds is 4. The van der Waals surface area contributed by atoms with Crippen LogP contribution in [-0.2, 0) is 13.6 Å². The summed E-state index contributed by atoms with van der Waals surface area (Å²) in [5.74, 6) is 2.73. The Morgan fingerprint density at radius 1 is 1.21 bits per heavy atom. The number of nitrogens with zero attached hydrogens (tertiary/aromatic N) is 3. The number of ether oxygens (including phenoxy) is 2. The lowest BCUT2D eigenvalue weighted by molar-refractivity contribution is 0.355. The fourth-order valence-corrected chi connectivity index (χ4v) is 1.93. The molecule has 0 aliphatic carbocycles. The zero-order chi connectivity index (χ0) is 14.0. The van der Waals surface area contributed by atoms with E-state index < -0.39 is 0 Å². The molecule has 2 aromatic rings. The number of nitrogens with two attached hydrogens (primary N) is 1. The first-order valence-electron chi connectivity index (χ1n) is 5.93. The van der Waals surface area contributed by atoms with Crippen molar-refractivity contribution >= 4 is 0 Å². The maximum Gasteiger partial charge on any atom is 0.181 e. The highest BCUT2D eigenvalue weighted by Gasteiger charge is 2.14. The van der Waals surface area contributed by atoms with Gasteiger partial charge in [0.15, 0.2) is 17.3 Å². The predicted octanol–water partition coefficient (Wildman–Crippen LogP) is 1.27. The van der Waals surface area contributed by atoms with Gasteiger partial charge in [0.2, 0.25) is 0 Å². The van der Waals surface area contributed by atoms with E-state index in [1.807, 2.05) is 26.1 Å². The smallest absolute Gasteiger partial charge is 0.181 e. The van der Waals surface area contributed by atoms with Crippen molar-refractivity contribution in [3.63, 3.8) is 0 Å². The van der Waals surface area contributed by atoms with E-state index in [9.17, 15) is 0 Å². The van der Waals surface area contributed by atoms with E-state index >= 15 is 0 Å². The Hall–Kier alpha value is -2.08. The molecule has 0 unspecified atom stereocenters. The Kier molecular flexibility index (Phi) is 3.71. The Labute approximate surface area is 112 Å². The minimum absolute atomic E-state index is 0.357. The van der Waals surface area contributed by atoms with Gasteiger partial charge in [-0.3, -0.25) is 4.68 Å². The van der Waals surface area contributed by atoms with Crippen LogP contribution in [0.1, 0.15) is 11.4 Å². The summed E-state index contributed by atoms with van der Waals surface area (Å²) in [6.07, 6.45) is 0. The highest BCUT2D eigenvalue weighted by molar-refractivity contribution is 5.65. The first kappa shape index (κ1) is 13.4. The molecule has 1 heterocycles. The largest absolute Gasteiger partial charge is 0.493 e. The van der Waals surface area contributed by atoms with Gasteiger partial charge < -0.3 is 15.2 Å². The van der Waals surface area contributed by atoms with Crippen molar-refractivity contribution in [2.24, 2.45) is 12.8 Å². The highest BCUT2D eigenvalue weighted by atomic mass is 16.5. The molecule has 0 amide bonds. The van der Waals surface area contributed by atoms with Crippen LogP contribution in [0.15, 0.2) is 12.1 Å². The van der Waals surface area contributed by atoms with Crippen LogP contribution < -0.4 is 15.2 Å². The number of benzene rings is 1. The van der Waals surface area contributed by atoms with Crippen LogP contribution in [0, 0.1) is 6.92 Å². The lowest BCUT2D eigenvalue weighted by Crippen LogP contribution is -2.05. The van der Waals surface area contributed by atoms with Gasteiger partial charge in [0, 0.05) is 12.6 Å². The van der Waals surface area contributed by atoms with E-state index in [1.165, 1.54) is 0 Å². The summed E-state index contributed by atoms with van der Waals surface area (Å²) in [5, 5.41) is 4.37. The van der Waals surface area contributed by atoms with E-state index in [0.29, 0.717) is 23.9 Å². The molecule has 0 aliphatic heterocycles. The van der Waals surface area contributed by atoms with Crippen LogP contribution in [0.3, 0.4) is 0 Å². The summed E-state index contributed by atoms with van der Waals surface area (Å²) < 4.78 is 12.3. The first-order valence-corrected chi connectivity index (χ1v) is 5.93. The van der Waals surface area contributed by atoms with E-state index in [1.54, 1.807) is 18.9 Å². The van der Waals surface area contributed by atoms with Gasteiger partial charge in [-0.25, -0.2) is 4.98 Å². The molecule has 0 bridgehead atoms. The molecule has 0 spiro atoms. The summed E-state index contributed by atoms with van der Waals surface area (Å²) >= 11 is 0. The standard InChI is InChI=1S/C13H18N4O2/c1-8-5-10(18-3)11(19-4)6-9(8)13-15-12(7-14)17(2)16-13/h5-6H,7,14H2,1-4H3. The highest BCUT2D eigenvalue weighted by Crippen LogP contribution is 2.34. The summed E-state index contributed by atoms with van der Waals surface area (Å²) in [6, 6.07) is 3.79. The fraction of sp³-hybridized carbons (Fsp3) is 0.385. The molecular weight excluding hydrogens is 244 g/mol. The van der Waals surface area contributed by atoms with Crippen molar-refractivity contribution in [1.82, 2.24) is 14.8 Å². The molecule has 2 N–H and O–H groups in total. The Balaban J connectivity index is 2.54. The second-order valence-electron chi connectivity index (χ2n) is 4.20. The van der Waals surface area contributed by atoms with Gasteiger partial charge in [-0.1, -0.05) is 0 Å². The zero-order valence-corrected chi connectivity index (χ0v) is 11.6. The Morgan fingerprint density at radius 3 is 2.37 bits per heavy atom. The summed E-state index contributed by atoms with van der Waals surface area (Å²) in [7, 11) is 5.05. The monoisotopic (exact) mass is 262 g/mol. The van der Waals surface area contributed by atoms with Gasteiger partial charge in [-0.15, -0.1) is 0 Å². The number of aromatic nitrogens is 3. The van der Waals surface area contributed by atoms with Crippen molar-refractivity contribution < 1.29 is 9.47 Å². The Morgan fingerprint density at radius 2 is 1.84 bits per heavy atom. The maximum atomic E-state index is 5.61. The second kappa shape index (κ2) is 5.27. The fourth-order valence-electron chi connectivity index (χ4n) is 1.93. The zero-order valence-electron chi connectivity index (χ0n) is 11.6. The average molecular weight is 262 g/mol.